The van der Waals surface area contributed by atoms with Crippen LogP contribution in [-0.4, -0.2) is 56.2 Å². The highest BCUT2D eigenvalue weighted by molar-refractivity contribution is 5.90. The van der Waals surface area contributed by atoms with Gasteiger partial charge in [0.1, 0.15) is 11.4 Å². The van der Waals surface area contributed by atoms with E-state index in [0.717, 1.165) is 66.9 Å². The first-order valence-corrected chi connectivity index (χ1v) is 15.9. The molecule has 3 aliphatic rings. The lowest BCUT2D eigenvalue weighted by atomic mass is 9.97. The summed E-state index contributed by atoms with van der Waals surface area (Å²) in [6, 6.07) is 14.6. The van der Waals surface area contributed by atoms with Crippen molar-refractivity contribution in [1.82, 2.24) is 24.6 Å². The number of hydrogen-bond donors (Lipinski definition) is 1. The van der Waals surface area contributed by atoms with Gasteiger partial charge < -0.3 is 15.0 Å². The van der Waals surface area contributed by atoms with E-state index in [4.69, 9.17) is 14.7 Å². The molecule has 45 heavy (non-hydrogen) atoms. The number of aromatic nitrogens is 4. The predicted octanol–water partition coefficient (Wildman–Crippen LogP) is 6.25. The molecule has 1 amide bonds. The van der Waals surface area contributed by atoms with Gasteiger partial charge in [0.05, 0.1) is 30.2 Å². The summed E-state index contributed by atoms with van der Waals surface area (Å²) in [6.07, 6.45) is 10.6. The van der Waals surface area contributed by atoms with Crippen molar-refractivity contribution in [1.29, 1.82) is 0 Å². The van der Waals surface area contributed by atoms with Crippen LogP contribution in [0.2, 0.25) is 0 Å². The highest BCUT2D eigenvalue weighted by Gasteiger charge is 2.34. The number of hydrogen-bond acceptors (Lipinski definition) is 7. The van der Waals surface area contributed by atoms with E-state index < -0.39 is 0 Å². The molecule has 3 aromatic heterocycles. The van der Waals surface area contributed by atoms with Crippen LogP contribution in [0.3, 0.4) is 0 Å². The third kappa shape index (κ3) is 5.63. The number of amides is 1. The van der Waals surface area contributed by atoms with Crippen LogP contribution in [0.15, 0.2) is 60.9 Å². The molecule has 7 rings (SSSR count). The van der Waals surface area contributed by atoms with Crippen LogP contribution >= 0.6 is 0 Å². The predicted molar refractivity (Wildman–Crippen MR) is 173 cm³/mol. The quantitative estimate of drug-likeness (QED) is 0.238. The van der Waals surface area contributed by atoms with Crippen LogP contribution in [-0.2, 0) is 16.0 Å². The van der Waals surface area contributed by atoms with Gasteiger partial charge >= 0.3 is 5.97 Å². The van der Waals surface area contributed by atoms with E-state index in [1.807, 2.05) is 36.2 Å². The molecular weight excluding hydrogens is 564 g/mol. The molecule has 9 heteroatoms. The normalized spacial score (nSPS) is 17.5. The number of pyridine rings is 2. The molecule has 1 N–H and O–H groups in total. The van der Waals surface area contributed by atoms with Gasteiger partial charge in [-0.2, -0.15) is 5.10 Å². The molecule has 1 aliphatic heterocycles. The lowest BCUT2D eigenvalue weighted by Gasteiger charge is -2.27. The van der Waals surface area contributed by atoms with Crippen LogP contribution in [0.25, 0.3) is 22.6 Å². The lowest BCUT2D eigenvalue weighted by Crippen LogP contribution is -2.35. The fourth-order valence-electron chi connectivity index (χ4n) is 6.58. The molecule has 4 aromatic rings. The molecule has 0 radical (unpaired) electrons. The third-order valence-corrected chi connectivity index (χ3v) is 9.19. The Balaban J connectivity index is 1.12. The maximum atomic E-state index is 12.5. The average Bonchev–Trinajstić information content (AvgIpc) is 3.72. The molecule has 1 aromatic carbocycles. The Labute approximate surface area is 263 Å². The number of fused-ring (bicyclic) bond motifs is 1. The minimum atomic E-state index is -0.383. The standard InChI is InChI=1S/C36H38N6O3/c1-4-45-36(44)29-21-38-42(23(29)3)32-10-6-9-30(39-32)28-8-5-7-25-13-14-31(33(25)28)40-34-22(2)19-27(20-37-34)24-15-17-41(18-16-24)35(43)26-11-12-26/h5-10,15,19-21,26,31H,4,11-14,16-18H2,1-3H3,(H,37,40). The molecule has 1 unspecified atom stereocenters. The fourth-order valence-corrected chi connectivity index (χ4v) is 6.58. The zero-order valence-corrected chi connectivity index (χ0v) is 26.0. The monoisotopic (exact) mass is 602 g/mol. The number of carbonyl (C=O) groups excluding carboxylic acids is 2. The first-order valence-electron chi connectivity index (χ1n) is 15.9. The molecule has 0 saturated heterocycles. The maximum absolute atomic E-state index is 12.5. The van der Waals surface area contributed by atoms with Gasteiger partial charge in [0, 0.05) is 30.8 Å². The Morgan fingerprint density at radius 2 is 1.89 bits per heavy atom. The number of benzene rings is 1. The number of carbonyl (C=O) groups is 2. The summed E-state index contributed by atoms with van der Waals surface area (Å²) >= 11 is 0. The van der Waals surface area contributed by atoms with Gasteiger partial charge in [0.25, 0.3) is 0 Å². The molecule has 0 spiro atoms. The largest absolute Gasteiger partial charge is 0.462 e. The van der Waals surface area contributed by atoms with Crippen LogP contribution in [0.4, 0.5) is 5.82 Å². The van der Waals surface area contributed by atoms with Gasteiger partial charge in [-0.25, -0.2) is 19.4 Å². The Bertz CT molecular complexity index is 1820. The summed E-state index contributed by atoms with van der Waals surface area (Å²) in [7, 11) is 0. The number of aryl methyl sites for hydroxylation is 2. The van der Waals surface area contributed by atoms with Gasteiger partial charge in [-0.15, -0.1) is 0 Å². The first-order chi connectivity index (χ1) is 21.9. The van der Waals surface area contributed by atoms with E-state index in [1.165, 1.54) is 22.9 Å². The van der Waals surface area contributed by atoms with E-state index in [-0.39, 0.29) is 17.9 Å². The van der Waals surface area contributed by atoms with Crippen molar-refractivity contribution in [3.8, 4) is 17.1 Å². The number of nitrogens with zero attached hydrogens (tertiary/aromatic N) is 5. The molecule has 0 bridgehead atoms. The number of esters is 1. The number of ether oxygens (including phenoxy) is 1. The van der Waals surface area contributed by atoms with E-state index >= 15 is 0 Å². The highest BCUT2D eigenvalue weighted by Crippen LogP contribution is 2.41. The van der Waals surface area contributed by atoms with Gasteiger partial charge in [0.2, 0.25) is 5.91 Å². The van der Waals surface area contributed by atoms with Crippen molar-refractivity contribution in [2.24, 2.45) is 5.92 Å². The van der Waals surface area contributed by atoms with Gasteiger partial charge in [-0.1, -0.05) is 30.3 Å². The number of rotatable bonds is 8. The first kappa shape index (κ1) is 29.0. The summed E-state index contributed by atoms with van der Waals surface area (Å²) in [6.45, 7) is 7.53. The van der Waals surface area contributed by atoms with Gasteiger partial charge in [-0.05, 0) is 98.9 Å². The van der Waals surface area contributed by atoms with Crippen molar-refractivity contribution >= 4 is 23.3 Å². The minimum absolute atomic E-state index is 0.0939. The molecule has 2 aliphatic carbocycles. The fraction of sp³-hybridized carbons (Fsp3) is 0.361. The summed E-state index contributed by atoms with van der Waals surface area (Å²) in [5.41, 5.74) is 9.10. The number of nitrogens with one attached hydrogen (secondary N) is 1. The minimum Gasteiger partial charge on any atom is -0.462 e. The third-order valence-electron chi connectivity index (χ3n) is 9.19. The Hall–Kier alpha value is -4.79. The molecule has 1 saturated carbocycles. The summed E-state index contributed by atoms with van der Waals surface area (Å²) in [5.74, 6) is 1.73. The zero-order valence-electron chi connectivity index (χ0n) is 26.0. The zero-order chi connectivity index (χ0) is 31.1. The second-order valence-electron chi connectivity index (χ2n) is 12.2. The Morgan fingerprint density at radius 1 is 1.04 bits per heavy atom. The molecular formula is C36H38N6O3. The van der Waals surface area contributed by atoms with E-state index in [0.29, 0.717) is 36.1 Å². The lowest BCUT2D eigenvalue weighted by molar-refractivity contribution is -0.132. The van der Waals surface area contributed by atoms with E-state index in [1.54, 1.807) is 11.6 Å². The second kappa shape index (κ2) is 12.0. The molecule has 1 fully saturated rings. The molecule has 9 nitrogen and oxygen atoms in total. The maximum Gasteiger partial charge on any atom is 0.341 e. The van der Waals surface area contributed by atoms with Crippen molar-refractivity contribution in [2.75, 3.05) is 25.0 Å². The van der Waals surface area contributed by atoms with Crippen molar-refractivity contribution in [3.05, 3.63) is 94.4 Å². The topological polar surface area (TPSA) is 102 Å². The van der Waals surface area contributed by atoms with Crippen molar-refractivity contribution in [3.63, 3.8) is 0 Å². The Morgan fingerprint density at radius 3 is 2.64 bits per heavy atom. The smallest absolute Gasteiger partial charge is 0.341 e. The Kier molecular flexibility index (Phi) is 7.69. The van der Waals surface area contributed by atoms with E-state index in [9.17, 15) is 9.59 Å². The van der Waals surface area contributed by atoms with Crippen molar-refractivity contribution in [2.45, 2.75) is 58.9 Å². The molecule has 230 valence electrons. The molecule has 4 heterocycles. The summed E-state index contributed by atoms with van der Waals surface area (Å²) in [5, 5.41) is 8.20. The number of anilines is 1. The van der Waals surface area contributed by atoms with Crippen LogP contribution in [0, 0.1) is 19.8 Å². The van der Waals surface area contributed by atoms with Gasteiger partial charge in [-0.3, -0.25) is 4.79 Å². The SMILES string of the molecule is CCOC(=O)c1cnn(-c2cccc(-c3cccc4c3C(Nc3ncc(C5=CCN(C(=O)C6CC6)CC5)cc3C)CC4)n2)c1C. The van der Waals surface area contributed by atoms with Crippen LogP contribution in [0.5, 0.6) is 0 Å². The second-order valence-corrected chi connectivity index (χ2v) is 12.2. The molecule has 1 atom stereocenters. The van der Waals surface area contributed by atoms with E-state index in [2.05, 4.69) is 47.7 Å². The van der Waals surface area contributed by atoms with Gasteiger partial charge in [0.15, 0.2) is 5.82 Å². The summed E-state index contributed by atoms with van der Waals surface area (Å²) in [4.78, 5) is 36.7. The van der Waals surface area contributed by atoms with Crippen LogP contribution in [0.1, 0.15) is 77.0 Å². The summed E-state index contributed by atoms with van der Waals surface area (Å²) < 4.78 is 6.88. The van der Waals surface area contributed by atoms with Crippen LogP contribution < -0.4 is 5.32 Å². The highest BCUT2D eigenvalue weighted by atomic mass is 16.5. The van der Waals surface area contributed by atoms with Crippen molar-refractivity contribution < 1.29 is 14.3 Å². The average molecular weight is 603 g/mol.